The quantitative estimate of drug-likeness (QED) is 0.886. The van der Waals surface area contributed by atoms with Gasteiger partial charge in [0.15, 0.2) is 0 Å². The van der Waals surface area contributed by atoms with Crippen LogP contribution in [-0.2, 0) is 4.79 Å². The number of anilines is 1. The van der Waals surface area contributed by atoms with Crippen LogP contribution in [0.4, 0.5) is 10.1 Å². The van der Waals surface area contributed by atoms with Crippen molar-refractivity contribution < 1.29 is 14.0 Å². The molecule has 1 N–H and O–H groups in total. The summed E-state index contributed by atoms with van der Waals surface area (Å²) in [7, 11) is 0. The molecule has 0 radical (unpaired) electrons. The third kappa shape index (κ3) is 3.60. The highest BCUT2D eigenvalue weighted by atomic mass is 35.5. The van der Waals surface area contributed by atoms with Crippen molar-refractivity contribution in [2.45, 2.75) is 25.3 Å². The Bertz CT molecular complexity index is 751. The number of rotatable bonds is 3. The summed E-state index contributed by atoms with van der Waals surface area (Å²) in [6.45, 7) is 0.555. The molecule has 126 valence electrons. The second-order valence-corrected chi connectivity index (χ2v) is 6.96. The third-order valence-corrected chi connectivity index (χ3v) is 5.13. The van der Waals surface area contributed by atoms with E-state index in [4.69, 9.17) is 11.6 Å². The summed E-state index contributed by atoms with van der Waals surface area (Å²) < 4.78 is 13.2. The van der Waals surface area contributed by atoms with Gasteiger partial charge in [-0.15, -0.1) is 11.3 Å². The number of carbonyl (C=O) groups excluding carboxylic acids is 2. The van der Waals surface area contributed by atoms with Gasteiger partial charge in [-0.05, 0) is 48.9 Å². The van der Waals surface area contributed by atoms with Gasteiger partial charge in [0, 0.05) is 12.2 Å². The molecule has 0 saturated carbocycles. The van der Waals surface area contributed by atoms with Gasteiger partial charge in [0.05, 0.1) is 9.90 Å². The third-order valence-electron chi connectivity index (χ3n) is 3.99. The van der Waals surface area contributed by atoms with Crippen LogP contribution in [0.1, 0.15) is 28.9 Å². The van der Waals surface area contributed by atoms with Crippen LogP contribution in [0.2, 0.25) is 5.02 Å². The molecule has 0 aliphatic carbocycles. The lowest BCUT2D eigenvalue weighted by atomic mass is 10.0. The topological polar surface area (TPSA) is 49.4 Å². The highest BCUT2D eigenvalue weighted by Gasteiger charge is 2.33. The molecule has 0 bridgehead atoms. The minimum absolute atomic E-state index is 0.0528. The van der Waals surface area contributed by atoms with Gasteiger partial charge in [-0.1, -0.05) is 17.7 Å². The second kappa shape index (κ2) is 7.32. The normalized spacial score (nSPS) is 17.6. The summed E-state index contributed by atoms with van der Waals surface area (Å²) in [6.07, 6.45) is 2.37. The Hall–Kier alpha value is -1.92. The molecule has 24 heavy (non-hydrogen) atoms. The van der Waals surface area contributed by atoms with Gasteiger partial charge < -0.3 is 10.2 Å². The van der Waals surface area contributed by atoms with E-state index in [-0.39, 0.29) is 16.8 Å². The van der Waals surface area contributed by atoms with Crippen molar-refractivity contribution in [2.75, 3.05) is 11.9 Å². The largest absolute Gasteiger partial charge is 0.326 e. The summed E-state index contributed by atoms with van der Waals surface area (Å²) in [5, 5.41) is 4.52. The number of likely N-dealkylation sites (tertiary alicyclic amines) is 1. The standard InChI is InChI=1S/C17H16ClFN2O2S/c18-12-10-11(6-7-13(12)19)20-16(22)14-4-1-2-8-21(14)17(23)15-5-3-9-24-15/h3,5-7,9-10,14H,1-2,4,8H2,(H,20,22)/t14-/m1/s1. The summed E-state index contributed by atoms with van der Waals surface area (Å²) in [5.41, 5.74) is 0.417. The lowest BCUT2D eigenvalue weighted by molar-refractivity contribution is -0.121. The number of amides is 2. The lowest BCUT2D eigenvalue weighted by Gasteiger charge is -2.34. The van der Waals surface area contributed by atoms with Gasteiger partial charge in [0.1, 0.15) is 11.9 Å². The fourth-order valence-corrected chi connectivity index (χ4v) is 3.65. The molecule has 0 spiro atoms. The number of hydrogen-bond donors (Lipinski definition) is 1. The summed E-state index contributed by atoms with van der Waals surface area (Å²) >= 11 is 7.10. The molecule has 1 aromatic carbocycles. The van der Waals surface area contributed by atoms with Crippen molar-refractivity contribution in [3.63, 3.8) is 0 Å². The van der Waals surface area contributed by atoms with E-state index in [1.54, 1.807) is 11.0 Å². The summed E-state index contributed by atoms with van der Waals surface area (Å²) in [6, 6.07) is 7.06. The lowest BCUT2D eigenvalue weighted by Crippen LogP contribution is -2.49. The first-order valence-corrected chi connectivity index (χ1v) is 8.92. The van der Waals surface area contributed by atoms with E-state index in [0.29, 0.717) is 23.5 Å². The van der Waals surface area contributed by atoms with E-state index in [2.05, 4.69) is 5.32 Å². The molecule has 1 aliphatic rings. The first kappa shape index (κ1) is 16.9. The van der Waals surface area contributed by atoms with Gasteiger partial charge in [-0.3, -0.25) is 9.59 Å². The van der Waals surface area contributed by atoms with Gasteiger partial charge >= 0.3 is 0 Å². The Balaban J connectivity index is 1.75. The van der Waals surface area contributed by atoms with Gasteiger partial charge in [0.2, 0.25) is 5.91 Å². The number of thiophene rings is 1. The van der Waals surface area contributed by atoms with E-state index in [9.17, 15) is 14.0 Å². The van der Waals surface area contributed by atoms with Crippen molar-refractivity contribution in [1.82, 2.24) is 4.90 Å². The predicted molar refractivity (Wildman–Crippen MR) is 93.0 cm³/mol. The molecular formula is C17H16ClFN2O2S. The fraction of sp³-hybridized carbons (Fsp3) is 0.294. The molecule has 0 unspecified atom stereocenters. The number of halogens is 2. The van der Waals surface area contributed by atoms with Crippen LogP contribution in [0.3, 0.4) is 0 Å². The highest BCUT2D eigenvalue weighted by Crippen LogP contribution is 2.24. The number of nitrogens with one attached hydrogen (secondary N) is 1. The first-order chi connectivity index (χ1) is 11.6. The Morgan fingerprint density at radius 3 is 2.83 bits per heavy atom. The monoisotopic (exact) mass is 366 g/mol. The molecule has 2 heterocycles. The first-order valence-electron chi connectivity index (χ1n) is 7.66. The molecule has 1 saturated heterocycles. The van der Waals surface area contributed by atoms with Crippen molar-refractivity contribution in [3.8, 4) is 0 Å². The average molecular weight is 367 g/mol. The molecule has 1 aliphatic heterocycles. The van der Waals surface area contributed by atoms with Gasteiger partial charge in [0.25, 0.3) is 5.91 Å². The molecule has 2 aromatic rings. The van der Waals surface area contributed by atoms with Crippen molar-refractivity contribution in [3.05, 3.63) is 51.4 Å². The summed E-state index contributed by atoms with van der Waals surface area (Å²) in [4.78, 5) is 27.5. The molecule has 1 fully saturated rings. The average Bonchev–Trinajstić information content (AvgIpc) is 3.12. The van der Waals surface area contributed by atoms with Crippen LogP contribution >= 0.6 is 22.9 Å². The molecule has 4 nitrogen and oxygen atoms in total. The van der Waals surface area contributed by atoms with Crippen molar-refractivity contribution in [2.24, 2.45) is 0 Å². The van der Waals surface area contributed by atoms with Crippen molar-refractivity contribution >= 4 is 40.4 Å². The zero-order valence-electron chi connectivity index (χ0n) is 12.8. The highest BCUT2D eigenvalue weighted by molar-refractivity contribution is 7.12. The smallest absolute Gasteiger partial charge is 0.264 e. The zero-order valence-corrected chi connectivity index (χ0v) is 14.4. The Morgan fingerprint density at radius 1 is 1.29 bits per heavy atom. The minimum Gasteiger partial charge on any atom is -0.326 e. The Morgan fingerprint density at radius 2 is 2.12 bits per heavy atom. The minimum atomic E-state index is -0.540. The molecule has 1 aromatic heterocycles. The maximum Gasteiger partial charge on any atom is 0.264 e. The van der Waals surface area contributed by atoms with Crippen LogP contribution < -0.4 is 5.32 Å². The van der Waals surface area contributed by atoms with Crippen molar-refractivity contribution in [1.29, 1.82) is 0 Å². The predicted octanol–water partition coefficient (Wildman–Crippen LogP) is 4.17. The number of carbonyl (C=O) groups is 2. The SMILES string of the molecule is O=C(Nc1ccc(F)c(Cl)c1)[C@H]1CCCCN1C(=O)c1cccs1. The van der Waals surface area contributed by atoms with Gasteiger partial charge in [-0.2, -0.15) is 0 Å². The second-order valence-electron chi connectivity index (χ2n) is 5.61. The van der Waals surface area contributed by atoms with E-state index in [0.717, 1.165) is 12.8 Å². The van der Waals surface area contributed by atoms with Crippen LogP contribution in [0.25, 0.3) is 0 Å². The fourth-order valence-electron chi connectivity index (χ4n) is 2.79. The number of piperidine rings is 1. The van der Waals surface area contributed by atoms with E-state index in [1.807, 2.05) is 11.4 Å². The Labute approximate surface area is 148 Å². The van der Waals surface area contributed by atoms with Crippen LogP contribution in [0.15, 0.2) is 35.7 Å². The van der Waals surface area contributed by atoms with Crippen LogP contribution in [-0.4, -0.2) is 29.3 Å². The maximum atomic E-state index is 13.2. The molecule has 1 atom stereocenters. The zero-order chi connectivity index (χ0) is 17.1. The maximum absolute atomic E-state index is 13.2. The van der Waals surface area contributed by atoms with Crippen LogP contribution in [0, 0.1) is 5.82 Å². The molecule has 3 rings (SSSR count). The number of hydrogen-bond acceptors (Lipinski definition) is 3. The molecular weight excluding hydrogens is 351 g/mol. The molecule has 2 amide bonds. The van der Waals surface area contributed by atoms with E-state index < -0.39 is 11.9 Å². The van der Waals surface area contributed by atoms with E-state index >= 15 is 0 Å². The number of benzene rings is 1. The van der Waals surface area contributed by atoms with Crippen LogP contribution in [0.5, 0.6) is 0 Å². The summed E-state index contributed by atoms with van der Waals surface area (Å²) in [5.74, 6) is -0.939. The Kier molecular flexibility index (Phi) is 5.16. The van der Waals surface area contributed by atoms with E-state index in [1.165, 1.54) is 29.5 Å². The number of nitrogens with zero attached hydrogens (tertiary/aromatic N) is 1. The molecule has 7 heteroatoms. The van der Waals surface area contributed by atoms with Gasteiger partial charge in [-0.25, -0.2) is 4.39 Å².